The van der Waals surface area contributed by atoms with Crippen LogP contribution in [0.1, 0.15) is 20.8 Å². The second-order valence-corrected chi connectivity index (χ2v) is 7.03. The Bertz CT molecular complexity index is 1150. The molecular formula is C21H16N4O3S. The van der Waals surface area contributed by atoms with Crippen LogP contribution in [0.25, 0.3) is 10.6 Å². The first-order chi connectivity index (χ1) is 14.1. The van der Waals surface area contributed by atoms with Crippen LogP contribution in [-0.4, -0.2) is 26.6 Å². The minimum atomic E-state index is -0.532. The molecule has 0 saturated heterocycles. The average Bonchev–Trinajstić information content (AvgIpc) is 3.40. The van der Waals surface area contributed by atoms with E-state index in [1.165, 1.54) is 17.5 Å². The predicted octanol–water partition coefficient (Wildman–Crippen LogP) is 4.02. The van der Waals surface area contributed by atoms with E-state index < -0.39 is 5.97 Å². The van der Waals surface area contributed by atoms with Crippen molar-refractivity contribution in [2.24, 2.45) is 7.05 Å². The first-order valence-corrected chi connectivity index (χ1v) is 9.59. The number of esters is 1. The number of amides is 1. The molecule has 0 fully saturated rings. The monoisotopic (exact) mass is 404 g/mol. The van der Waals surface area contributed by atoms with Gasteiger partial charge in [0, 0.05) is 29.9 Å². The molecule has 29 heavy (non-hydrogen) atoms. The van der Waals surface area contributed by atoms with Gasteiger partial charge in [-0.3, -0.25) is 9.48 Å². The molecule has 0 aliphatic carbocycles. The summed E-state index contributed by atoms with van der Waals surface area (Å²) < 4.78 is 6.93. The summed E-state index contributed by atoms with van der Waals surface area (Å²) in [5.74, 6) is -0.432. The molecule has 2 heterocycles. The zero-order chi connectivity index (χ0) is 20.2. The summed E-state index contributed by atoms with van der Waals surface area (Å²) in [6.45, 7) is 0. The van der Waals surface area contributed by atoms with Gasteiger partial charge >= 0.3 is 5.97 Å². The third kappa shape index (κ3) is 4.39. The van der Waals surface area contributed by atoms with Crippen LogP contribution in [0.2, 0.25) is 0 Å². The van der Waals surface area contributed by atoms with E-state index in [0.29, 0.717) is 17.0 Å². The molecule has 0 saturated carbocycles. The maximum atomic E-state index is 12.4. The number of ether oxygens (including phenoxy) is 1. The largest absolute Gasteiger partial charge is 0.422 e. The Morgan fingerprint density at radius 2 is 1.83 bits per heavy atom. The summed E-state index contributed by atoms with van der Waals surface area (Å²) in [4.78, 5) is 28.8. The molecule has 1 amide bonds. The van der Waals surface area contributed by atoms with E-state index in [1.807, 2.05) is 30.3 Å². The average molecular weight is 404 g/mol. The van der Waals surface area contributed by atoms with E-state index in [9.17, 15) is 9.59 Å². The molecule has 144 valence electrons. The number of nitrogens with zero attached hydrogens (tertiary/aromatic N) is 3. The molecule has 0 spiro atoms. The van der Waals surface area contributed by atoms with Crippen molar-refractivity contribution in [1.82, 2.24) is 14.8 Å². The van der Waals surface area contributed by atoms with E-state index in [2.05, 4.69) is 15.4 Å². The van der Waals surface area contributed by atoms with Gasteiger partial charge in [-0.1, -0.05) is 30.3 Å². The van der Waals surface area contributed by atoms with Crippen molar-refractivity contribution in [3.05, 3.63) is 83.6 Å². The number of nitrogens with one attached hydrogen (secondary N) is 1. The smallest absolute Gasteiger partial charge is 0.363 e. The zero-order valence-electron chi connectivity index (χ0n) is 15.4. The summed E-state index contributed by atoms with van der Waals surface area (Å²) >= 11 is 1.38. The van der Waals surface area contributed by atoms with Crippen LogP contribution in [-0.2, 0) is 7.05 Å². The Labute approximate surface area is 170 Å². The molecule has 0 atom stereocenters. The minimum Gasteiger partial charge on any atom is -0.422 e. The lowest BCUT2D eigenvalue weighted by Crippen LogP contribution is -2.11. The zero-order valence-corrected chi connectivity index (χ0v) is 16.2. The van der Waals surface area contributed by atoms with Crippen molar-refractivity contribution in [1.29, 1.82) is 0 Å². The summed E-state index contributed by atoms with van der Waals surface area (Å²) in [6, 6.07) is 16.2. The van der Waals surface area contributed by atoms with E-state index in [0.717, 1.165) is 10.6 Å². The van der Waals surface area contributed by atoms with E-state index in [1.54, 1.807) is 47.6 Å². The summed E-state index contributed by atoms with van der Waals surface area (Å²) in [6.07, 6.45) is 3.12. The van der Waals surface area contributed by atoms with Gasteiger partial charge in [-0.05, 0) is 24.3 Å². The Morgan fingerprint density at radius 1 is 1.07 bits per heavy atom. The van der Waals surface area contributed by atoms with Crippen molar-refractivity contribution in [3.8, 4) is 16.3 Å². The molecule has 4 aromatic rings. The van der Waals surface area contributed by atoms with Gasteiger partial charge in [-0.25, -0.2) is 9.78 Å². The van der Waals surface area contributed by atoms with E-state index in [-0.39, 0.29) is 11.6 Å². The second-order valence-electron chi connectivity index (χ2n) is 6.17. The highest BCUT2D eigenvalue weighted by molar-refractivity contribution is 7.13. The lowest BCUT2D eigenvalue weighted by molar-refractivity contribution is 0.0729. The predicted molar refractivity (Wildman–Crippen MR) is 110 cm³/mol. The molecule has 0 unspecified atom stereocenters. The van der Waals surface area contributed by atoms with E-state index >= 15 is 0 Å². The number of rotatable bonds is 5. The molecule has 2 aromatic heterocycles. The lowest BCUT2D eigenvalue weighted by atomic mass is 10.2. The molecule has 0 radical (unpaired) electrons. The molecule has 7 nitrogen and oxygen atoms in total. The van der Waals surface area contributed by atoms with Crippen LogP contribution in [0.4, 0.5) is 5.69 Å². The summed E-state index contributed by atoms with van der Waals surface area (Å²) in [5.41, 5.74) is 2.24. The Morgan fingerprint density at radius 3 is 2.52 bits per heavy atom. The normalized spacial score (nSPS) is 10.5. The topological polar surface area (TPSA) is 86.1 Å². The van der Waals surface area contributed by atoms with Gasteiger partial charge in [0.2, 0.25) is 0 Å². The second kappa shape index (κ2) is 8.07. The highest BCUT2D eigenvalue weighted by Gasteiger charge is 2.14. The van der Waals surface area contributed by atoms with Crippen LogP contribution < -0.4 is 10.1 Å². The third-order valence-electron chi connectivity index (χ3n) is 4.02. The van der Waals surface area contributed by atoms with Crippen LogP contribution in [0, 0.1) is 0 Å². The fourth-order valence-corrected chi connectivity index (χ4v) is 3.38. The van der Waals surface area contributed by atoms with Gasteiger partial charge in [-0.2, -0.15) is 5.10 Å². The maximum absolute atomic E-state index is 12.4. The number of carbonyl (C=O) groups is 2. The van der Waals surface area contributed by atoms with Crippen molar-refractivity contribution in [2.45, 2.75) is 0 Å². The molecule has 0 aliphatic heterocycles. The third-order valence-corrected chi connectivity index (χ3v) is 4.92. The molecule has 1 N–H and O–H groups in total. The van der Waals surface area contributed by atoms with E-state index in [4.69, 9.17) is 4.74 Å². The number of hydrogen-bond acceptors (Lipinski definition) is 6. The Hall–Kier alpha value is -3.78. The van der Waals surface area contributed by atoms with Crippen molar-refractivity contribution < 1.29 is 14.3 Å². The molecular weight excluding hydrogens is 388 g/mol. The van der Waals surface area contributed by atoms with Gasteiger partial charge in [0.25, 0.3) is 5.91 Å². The van der Waals surface area contributed by atoms with Crippen molar-refractivity contribution in [2.75, 3.05) is 5.32 Å². The van der Waals surface area contributed by atoms with Crippen LogP contribution in [0.5, 0.6) is 5.75 Å². The SMILES string of the molecule is Cn1cc(C(=O)Nc2ccc(OC(=O)c3csc(-c4ccccc4)n3)cc2)cn1. The van der Waals surface area contributed by atoms with Gasteiger partial charge in [0.05, 0.1) is 11.8 Å². The van der Waals surface area contributed by atoms with Gasteiger partial charge in [0.1, 0.15) is 10.8 Å². The fraction of sp³-hybridized carbons (Fsp3) is 0.0476. The molecule has 2 aromatic carbocycles. The quantitative estimate of drug-likeness (QED) is 0.401. The standard InChI is InChI=1S/C21H16N4O3S/c1-25-12-15(11-22-25)19(26)23-16-7-9-17(10-8-16)28-21(27)18-13-29-20(24-18)14-5-3-2-4-6-14/h2-13H,1H3,(H,23,26). The lowest BCUT2D eigenvalue weighted by Gasteiger charge is -2.06. The first kappa shape index (κ1) is 18.6. The minimum absolute atomic E-state index is 0.253. The van der Waals surface area contributed by atoms with Crippen LogP contribution in [0.3, 0.4) is 0 Å². The number of hydrogen-bond donors (Lipinski definition) is 1. The number of thiazole rings is 1. The van der Waals surface area contributed by atoms with Crippen LogP contribution in [0.15, 0.2) is 72.4 Å². The highest BCUT2D eigenvalue weighted by Crippen LogP contribution is 2.24. The molecule has 0 aliphatic rings. The maximum Gasteiger partial charge on any atom is 0.363 e. The Balaban J connectivity index is 1.39. The molecule has 8 heteroatoms. The van der Waals surface area contributed by atoms with Crippen LogP contribution >= 0.6 is 11.3 Å². The molecule has 4 rings (SSSR count). The van der Waals surface area contributed by atoms with Gasteiger partial charge < -0.3 is 10.1 Å². The highest BCUT2D eigenvalue weighted by atomic mass is 32.1. The number of anilines is 1. The Kier molecular flexibility index (Phi) is 5.17. The summed E-state index contributed by atoms with van der Waals surface area (Å²) in [7, 11) is 1.74. The number of aromatic nitrogens is 3. The summed E-state index contributed by atoms with van der Waals surface area (Å²) in [5, 5.41) is 9.16. The molecule has 0 bridgehead atoms. The van der Waals surface area contributed by atoms with Gasteiger partial charge in [0.15, 0.2) is 5.69 Å². The van der Waals surface area contributed by atoms with Crippen molar-refractivity contribution in [3.63, 3.8) is 0 Å². The first-order valence-electron chi connectivity index (χ1n) is 8.72. The van der Waals surface area contributed by atoms with Gasteiger partial charge in [-0.15, -0.1) is 11.3 Å². The number of benzene rings is 2. The fourth-order valence-electron chi connectivity index (χ4n) is 2.59. The van der Waals surface area contributed by atoms with Crippen molar-refractivity contribution >= 4 is 28.9 Å². The number of aryl methyl sites for hydroxylation is 1. The number of carbonyl (C=O) groups excluding carboxylic acids is 2.